The van der Waals surface area contributed by atoms with Crippen molar-refractivity contribution in [3.63, 3.8) is 0 Å². The minimum absolute atomic E-state index is 0.0190. The second kappa shape index (κ2) is 8.60. The number of hydrogen-bond acceptors (Lipinski definition) is 2. The van der Waals surface area contributed by atoms with Gasteiger partial charge in [0.15, 0.2) is 0 Å². The second-order valence-electron chi connectivity index (χ2n) is 6.49. The number of rotatable bonds is 0. The van der Waals surface area contributed by atoms with Crippen molar-refractivity contribution < 1.29 is 9.53 Å². The third kappa shape index (κ3) is 6.44. The fraction of sp³-hybridized carbons (Fsp3) is 0.941. The van der Waals surface area contributed by atoms with E-state index in [9.17, 15) is 4.79 Å². The summed E-state index contributed by atoms with van der Waals surface area (Å²) in [6.45, 7) is 0.644. The Morgan fingerprint density at radius 2 is 1.32 bits per heavy atom. The lowest BCUT2D eigenvalue weighted by Crippen LogP contribution is -2.05. The van der Waals surface area contributed by atoms with Crippen molar-refractivity contribution in [2.45, 2.75) is 83.5 Å². The molecule has 2 aliphatic rings. The molecule has 0 aromatic rings. The summed E-state index contributed by atoms with van der Waals surface area (Å²) in [6, 6.07) is 0. The van der Waals surface area contributed by atoms with Crippen LogP contribution in [0.4, 0.5) is 0 Å². The van der Waals surface area contributed by atoms with Gasteiger partial charge < -0.3 is 4.74 Å². The predicted molar refractivity (Wildman–Crippen MR) is 78.0 cm³/mol. The van der Waals surface area contributed by atoms with Gasteiger partial charge in [-0.25, -0.2) is 0 Å². The molecular weight excluding hydrogens is 236 g/mol. The van der Waals surface area contributed by atoms with E-state index in [1.807, 2.05) is 0 Å². The molecule has 1 aliphatic heterocycles. The predicted octanol–water partition coefficient (Wildman–Crippen LogP) is 4.86. The van der Waals surface area contributed by atoms with Crippen LogP contribution in [0.25, 0.3) is 0 Å². The molecule has 2 rings (SSSR count). The Balaban J connectivity index is 1.62. The maximum atomic E-state index is 11.5. The van der Waals surface area contributed by atoms with E-state index in [1.165, 1.54) is 64.2 Å². The third-order valence-corrected chi connectivity index (χ3v) is 4.76. The molecular formula is C17H30O2. The molecule has 19 heavy (non-hydrogen) atoms. The molecule has 0 N–H and O–H groups in total. The van der Waals surface area contributed by atoms with Crippen LogP contribution in [0.3, 0.4) is 0 Å². The molecule has 1 aliphatic carbocycles. The molecule has 2 heteroatoms. The number of cyclic esters (lactones) is 1. The first-order valence-corrected chi connectivity index (χ1v) is 8.52. The van der Waals surface area contributed by atoms with Crippen LogP contribution in [0.15, 0.2) is 0 Å². The van der Waals surface area contributed by atoms with Gasteiger partial charge >= 0.3 is 5.97 Å². The summed E-state index contributed by atoms with van der Waals surface area (Å²) in [4.78, 5) is 11.5. The van der Waals surface area contributed by atoms with Crippen molar-refractivity contribution in [1.82, 2.24) is 0 Å². The van der Waals surface area contributed by atoms with Crippen molar-refractivity contribution in [2.75, 3.05) is 6.61 Å². The average molecular weight is 266 g/mol. The van der Waals surface area contributed by atoms with E-state index in [1.54, 1.807) is 0 Å². The van der Waals surface area contributed by atoms with Crippen molar-refractivity contribution in [1.29, 1.82) is 0 Å². The van der Waals surface area contributed by atoms with Gasteiger partial charge in [0.25, 0.3) is 0 Å². The van der Waals surface area contributed by atoms with Crippen LogP contribution in [0.5, 0.6) is 0 Å². The van der Waals surface area contributed by atoms with Crippen LogP contribution in [0.2, 0.25) is 0 Å². The van der Waals surface area contributed by atoms with Crippen molar-refractivity contribution in [3.8, 4) is 0 Å². The topological polar surface area (TPSA) is 26.3 Å². The minimum atomic E-state index is 0.0190. The number of fused-ring (bicyclic) bond motifs is 1. The maximum Gasteiger partial charge on any atom is 0.305 e. The Labute approximate surface area is 118 Å². The Kier molecular flexibility index (Phi) is 6.73. The molecule has 1 heterocycles. The van der Waals surface area contributed by atoms with Crippen LogP contribution < -0.4 is 0 Å². The fourth-order valence-electron chi connectivity index (χ4n) is 3.34. The number of carbonyl (C=O) groups excluding carboxylic acids is 1. The monoisotopic (exact) mass is 266 g/mol. The van der Waals surface area contributed by atoms with Crippen molar-refractivity contribution >= 4 is 5.97 Å². The Bertz CT molecular complexity index is 238. The summed E-state index contributed by atoms with van der Waals surface area (Å²) in [5, 5.41) is 0. The molecule has 2 nitrogen and oxygen atoms in total. The normalized spacial score (nSPS) is 31.9. The highest BCUT2D eigenvalue weighted by atomic mass is 16.5. The smallest absolute Gasteiger partial charge is 0.305 e. The SMILES string of the molecule is O=C1CCCCCCCC2CC2CCCCCCO1. The summed E-state index contributed by atoms with van der Waals surface area (Å²) < 4.78 is 5.26. The minimum Gasteiger partial charge on any atom is -0.466 e. The van der Waals surface area contributed by atoms with Gasteiger partial charge in [0.1, 0.15) is 0 Å². The zero-order chi connectivity index (χ0) is 13.3. The van der Waals surface area contributed by atoms with E-state index >= 15 is 0 Å². The summed E-state index contributed by atoms with van der Waals surface area (Å²) >= 11 is 0. The van der Waals surface area contributed by atoms with E-state index < -0.39 is 0 Å². The van der Waals surface area contributed by atoms with E-state index in [0.29, 0.717) is 13.0 Å². The molecule has 1 saturated heterocycles. The van der Waals surface area contributed by atoms with E-state index in [-0.39, 0.29) is 5.97 Å². The Hall–Kier alpha value is -0.530. The number of ether oxygens (including phenoxy) is 1. The number of hydrogen-bond donors (Lipinski definition) is 0. The van der Waals surface area contributed by atoms with E-state index in [4.69, 9.17) is 4.74 Å². The van der Waals surface area contributed by atoms with Gasteiger partial charge in [-0.3, -0.25) is 4.79 Å². The van der Waals surface area contributed by atoms with Gasteiger partial charge in [-0.2, -0.15) is 0 Å². The quantitative estimate of drug-likeness (QED) is 0.585. The molecule has 0 amide bonds. The highest BCUT2D eigenvalue weighted by Gasteiger charge is 2.34. The molecule has 1 saturated carbocycles. The van der Waals surface area contributed by atoms with E-state index in [0.717, 1.165) is 24.7 Å². The highest BCUT2D eigenvalue weighted by Crippen LogP contribution is 2.45. The zero-order valence-corrected chi connectivity index (χ0v) is 12.4. The first-order chi connectivity index (χ1) is 9.36. The average Bonchev–Trinajstić information content (AvgIpc) is 3.14. The first-order valence-electron chi connectivity index (χ1n) is 8.52. The van der Waals surface area contributed by atoms with Crippen LogP contribution in [0, 0.1) is 11.8 Å². The molecule has 2 unspecified atom stereocenters. The van der Waals surface area contributed by atoms with Crippen LogP contribution in [-0.2, 0) is 9.53 Å². The van der Waals surface area contributed by atoms with E-state index in [2.05, 4.69) is 0 Å². The molecule has 0 bridgehead atoms. The van der Waals surface area contributed by atoms with Crippen LogP contribution >= 0.6 is 0 Å². The van der Waals surface area contributed by atoms with Gasteiger partial charge in [-0.1, -0.05) is 57.8 Å². The lowest BCUT2D eigenvalue weighted by atomic mass is 10.0. The fourth-order valence-corrected chi connectivity index (χ4v) is 3.34. The van der Waals surface area contributed by atoms with Gasteiger partial charge in [0.05, 0.1) is 6.61 Å². The zero-order valence-electron chi connectivity index (χ0n) is 12.4. The standard InChI is InChI=1S/C17H30O2/c18-17-12-8-3-1-2-6-10-15-14-16(15)11-7-4-5-9-13-19-17/h15-16H,1-14H2. The van der Waals surface area contributed by atoms with Gasteiger partial charge in [0.2, 0.25) is 0 Å². The van der Waals surface area contributed by atoms with Gasteiger partial charge in [-0.05, 0) is 31.1 Å². The number of carbonyl (C=O) groups is 1. The maximum absolute atomic E-state index is 11.5. The Morgan fingerprint density at radius 3 is 2.05 bits per heavy atom. The largest absolute Gasteiger partial charge is 0.466 e. The van der Waals surface area contributed by atoms with Gasteiger partial charge in [0, 0.05) is 6.42 Å². The highest BCUT2D eigenvalue weighted by molar-refractivity contribution is 5.69. The summed E-state index contributed by atoms with van der Waals surface area (Å²) in [7, 11) is 0. The molecule has 0 aromatic carbocycles. The molecule has 2 atom stereocenters. The lowest BCUT2D eigenvalue weighted by Gasteiger charge is -2.04. The number of esters is 1. The van der Waals surface area contributed by atoms with Gasteiger partial charge in [-0.15, -0.1) is 0 Å². The second-order valence-corrected chi connectivity index (χ2v) is 6.49. The molecule has 110 valence electrons. The molecule has 0 aromatic heterocycles. The molecule has 0 radical (unpaired) electrons. The van der Waals surface area contributed by atoms with Crippen molar-refractivity contribution in [2.24, 2.45) is 11.8 Å². The third-order valence-electron chi connectivity index (χ3n) is 4.76. The Morgan fingerprint density at radius 1 is 0.737 bits per heavy atom. The van der Waals surface area contributed by atoms with Crippen LogP contribution in [0.1, 0.15) is 83.5 Å². The molecule has 2 fully saturated rings. The summed E-state index contributed by atoms with van der Waals surface area (Å²) in [5.41, 5.74) is 0. The lowest BCUT2D eigenvalue weighted by molar-refractivity contribution is -0.143. The summed E-state index contributed by atoms with van der Waals surface area (Å²) in [5.74, 6) is 2.15. The van der Waals surface area contributed by atoms with Crippen LogP contribution in [-0.4, -0.2) is 12.6 Å². The molecule has 0 spiro atoms. The first kappa shape index (κ1) is 14.9. The van der Waals surface area contributed by atoms with Crippen molar-refractivity contribution in [3.05, 3.63) is 0 Å². The summed E-state index contributed by atoms with van der Waals surface area (Å²) in [6.07, 6.45) is 16.3.